The van der Waals surface area contributed by atoms with E-state index in [0.29, 0.717) is 0 Å². The van der Waals surface area contributed by atoms with Crippen molar-refractivity contribution in [2.75, 3.05) is 0 Å². The lowest BCUT2D eigenvalue weighted by atomic mass is 10.1. The van der Waals surface area contributed by atoms with Crippen LogP contribution in [0.15, 0.2) is 29.1 Å². The molecule has 0 aliphatic carbocycles. The number of nitro groups is 1. The number of aromatic amines is 1. The zero-order valence-electron chi connectivity index (χ0n) is 11.2. The Morgan fingerprint density at radius 3 is 2.57 bits per heavy atom. The van der Waals surface area contributed by atoms with E-state index in [2.05, 4.69) is 4.98 Å². The molecule has 2 N–H and O–H groups in total. The predicted molar refractivity (Wildman–Crippen MR) is 73.5 cm³/mol. The second-order valence-corrected chi connectivity index (χ2v) is 4.34. The molecule has 2 rings (SSSR count). The van der Waals surface area contributed by atoms with Crippen LogP contribution in [0.1, 0.15) is 17.0 Å². The molecule has 0 amide bonds. The molecule has 0 bridgehead atoms. The molecule has 23 heavy (non-hydrogen) atoms. The van der Waals surface area contributed by atoms with Gasteiger partial charge in [0.15, 0.2) is 0 Å². The van der Waals surface area contributed by atoms with Crippen LogP contribution in [0.3, 0.4) is 0 Å². The van der Waals surface area contributed by atoms with E-state index >= 15 is 0 Å². The van der Waals surface area contributed by atoms with Gasteiger partial charge in [0.1, 0.15) is 5.82 Å². The molecule has 0 saturated carbocycles. The summed E-state index contributed by atoms with van der Waals surface area (Å²) in [6, 6.07) is 4.36. The number of aromatic nitrogens is 2. The highest BCUT2D eigenvalue weighted by Gasteiger charge is 2.30. The third-order valence-electron chi connectivity index (χ3n) is 2.73. The number of aromatic hydroxyl groups is 1. The zero-order chi connectivity index (χ0) is 17.2. The molecule has 1 aromatic heterocycles. The second-order valence-electron chi connectivity index (χ2n) is 4.34. The van der Waals surface area contributed by atoms with Gasteiger partial charge in [-0.15, -0.1) is 0 Å². The molecule has 0 atom stereocenters. The Kier molecular flexibility index (Phi) is 4.16. The van der Waals surface area contributed by atoms with Crippen molar-refractivity contribution in [2.45, 2.75) is 6.18 Å². The maximum absolute atomic E-state index is 12.6. The van der Waals surface area contributed by atoms with Crippen LogP contribution in [0.4, 0.5) is 18.9 Å². The van der Waals surface area contributed by atoms with Crippen LogP contribution in [0.2, 0.25) is 0 Å². The Morgan fingerprint density at radius 2 is 2.00 bits per heavy atom. The highest BCUT2D eigenvalue weighted by Crippen LogP contribution is 2.29. The lowest BCUT2D eigenvalue weighted by Crippen LogP contribution is -2.14. The van der Waals surface area contributed by atoms with Crippen molar-refractivity contribution < 1.29 is 23.2 Å². The first-order valence-corrected chi connectivity index (χ1v) is 6.01. The standard InChI is InChI=1S/C13H8F3N3O4/c14-13(15,16)8-3-1-2-7(6-8)4-5-9-17-11(20)10(19(22)23)12(21)18-9/h1-6H,(H2,17,18,20,21)/b5-4+. The van der Waals surface area contributed by atoms with Gasteiger partial charge in [-0.05, 0) is 23.8 Å². The number of benzene rings is 1. The molecular formula is C13H8F3N3O4. The fraction of sp³-hybridized carbons (Fsp3) is 0.0769. The molecule has 0 aliphatic rings. The maximum Gasteiger partial charge on any atom is 0.416 e. The number of nitrogens with zero attached hydrogens (tertiary/aromatic N) is 2. The molecule has 0 radical (unpaired) electrons. The van der Waals surface area contributed by atoms with Gasteiger partial charge in [0, 0.05) is 0 Å². The molecule has 1 aromatic carbocycles. The number of halogens is 3. The van der Waals surface area contributed by atoms with Gasteiger partial charge in [0.2, 0.25) is 0 Å². The maximum atomic E-state index is 12.6. The van der Waals surface area contributed by atoms with E-state index in [1.165, 1.54) is 18.2 Å². The van der Waals surface area contributed by atoms with E-state index in [4.69, 9.17) is 0 Å². The van der Waals surface area contributed by atoms with Crippen LogP contribution >= 0.6 is 0 Å². The van der Waals surface area contributed by atoms with Gasteiger partial charge in [-0.2, -0.15) is 18.2 Å². The fourth-order valence-electron chi connectivity index (χ4n) is 1.71. The number of H-pyrrole nitrogens is 1. The van der Waals surface area contributed by atoms with Gasteiger partial charge < -0.3 is 10.1 Å². The first-order valence-electron chi connectivity index (χ1n) is 6.01. The Labute approximate surface area is 125 Å². The van der Waals surface area contributed by atoms with Gasteiger partial charge >= 0.3 is 17.4 Å². The van der Waals surface area contributed by atoms with Crippen LogP contribution in [-0.4, -0.2) is 20.0 Å². The topological polar surface area (TPSA) is 109 Å². The summed E-state index contributed by atoms with van der Waals surface area (Å²) in [4.78, 5) is 26.3. The SMILES string of the molecule is O=c1[nH]c(/C=C/c2cccc(C(F)(F)F)c2)nc(O)c1[N+](=O)[O-]. The Bertz CT molecular complexity index is 843. The highest BCUT2D eigenvalue weighted by atomic mass is 19.4. The zero-order valence-corrected chi connectivity index (χ0v) is 11.2. The van der Waals surface area contributed by atoms with Crippen molar-refractivity contribution in [3.8, 4) is 5.88 Å². The van der Waals surface area contributed by atoms with Crippen LogP contribution < -0.4 is 5.56 Å². The smallest absolute Gasteiger partial charge is 0.416 e. The lowest BCUT2D eigenvalue weighted by molar-refractivity contribution is -0.387. The van der Waals surface area contributed by atoms with Gasteiger partial charge in [-0.25, -0.2) is 0 Å². The number of hydrogen-bond donors (Lipinski definition) is 2. The summed E-state index contributed by atoms with van der Waals surface area (Å²) in [6.07, 6.45) is -2.18. The van der Waals surface area contributed by atoms with Crippen LogP contribution in [0.5, 0.6) is 5.88 Å². The molecule has 2 aromatic rings. The van der Waals surface area contributed by atoms with Crippen LogP contribution in [0.25, 0.3) is 12.2 Å². The number of alkyl halides is 3. The predicted octanol–water partition coefficient (Wildman–Crippen LogP) is 2.57. The van der Waals surface area contributed by atoms with Gasteiger partial charge in [0.05, 0.1) is 10.5 Å². The average Bonchev–Trinajstić information content (AvgIpc) is 2.43. The minimum absolute atomic E-state index is 0.167. The molecule has 0 unspecified atom stereocenters. The third kappa shape index (κ3) is 3.73. The van der Waals surface area contributed by atoms with E-state index in [9.17, 15) is 33.2 Å². The summed E-state index contributed by atoms with van der Waals surface area (Å²) in [7, 11) is 0. The number of rotatable bonds is 3. The molecule has 0 spiro atoms. The van der Waals surface area contributed by atoms with Crippen molar-refractivity contribution in [2.24, 2.45) is 0 Å². The third-order valence-corrected chi connectivity index (χ3v) is 2.73. The quantitative estimate of drug-likeness (QED) is 0.665. The summed E-state index contributed by atoms with van der Waals surface area (Å²) in [5.41, 5.74) is -2.97. The van der Waals surface area contributed by atoms with Crippen LogP contribution in [-0.2, 0) is 6.18 Å². The fourth-order valence-corrected chi connectivity index (χ4v) is 1.71. The van der Waals surface area contributed by atoms with Gasteiger partial charge in [-0.3, -0.25) is 14.9 Å². The average molecular weight is 327 g/mol. The summed E-state index contributed by atoms with van der Waals surface area (Å²) in [5, 5.41) is 19.9. The van der Waals surface area contributed by atoms with E-state index in [1.807, 2.05) is 4.98 Å². The normalized spacial score (nSPS) is 11.8. The van der Waals surface area contributed by atoms with Crippen LogP contribution in [0, 0.1) is 10.1 Å². The Balaban J connectivity index is 2.35. The minimum atomic E-state index is -4.50. The Hall–Kier alpha value is -3.17. The molecule has 0 fully saturated rings. The summed E-state index contributed by atoms with van der Waals surface area (Å²) < 4.78 is 37.7. The molecule has 10 heteroatoms. The van der Waals surface area contributed by atoms with Crippen molar-refractivity contribution in [3.63, 3.8) is 0 Å². The number of hydrogen-bond acceptors (Lipinski definition) is 5. The second kappa shape index (κ2) is 5.91. The monoisotopic (exact) mass is 327 g/mol. The molecular weight excluding hydrogens is 319 g/mol. The van der Waals surface area contributed by atoms with Gasteiger partial charge in [0.25, 0.3) is 5.88 Å². The van der Waals surface area contributed by atoms with E-state index in [0.717, 1.165) is 18.2 Å². The van der Waals surface area contributed by atoms with Crippen molar-refractivity contribution in [1.82, 2.24) is 9.97 Å². The largest absolute Gasteiger partial charge is 0.488 e. The molecule has 0 saturated heterocycles. The first kappa shape index (κ1) is 16.2. The van der Waals surface area contributed by atoms with E-state index < -0.39 is 33.8 Å². The molecule has 1 heterocycles. The molecule has 0 aliphatic heterocycles. The molecule has 120 valence electrons. The van der Waals surface area contributed by atoms with Crippen molar-refractivity contribution in [1.29, 1.82) is 0 Å². The molecule has 7 nitrogen and oxygen atoms in total. The summed E-state index contributed by atoms with van der Waals surface area (Å²) in [5.74, 6) is -1.32. The summed E-state index contributed by atoms with van der Waals surface area (Å²) in [6.45, 7) is 0. The van der Waals surface area contributed by atoms with Crippen molar-refractivity contribution in [3.05, 3.63) is 61.7 Å². The lowest BCUT2D eigenvalue weighted by Gasteiger charge is -2.06. The highest BCUT2D eigenvalue weighted by molar-refractivity contribution is 5.67. The van der Waals surface area contributed by atoms with Crippen molar-refractivity contribution >= 4 is 17.8 Å². The number of nitrogens with one attached hydrogen (secondary N) is 1. The first-order chi connectivity index (χ1) is 10.7. The minimum Gasteiger partial charge on any atom is -0.488 e. The Morgan fingerprint density at radius 1 is 1.30 bits per heavy atom. The van der Waals surface area contributed by atoms with E-state index in [1.54, 1.807) is 0 Å². The van der Waals surface area contributed by atoms with Gasteiger partial charge in [-0.1, -0.05) is 18.2 Å². The summed E-state index contributed by atoms with van der Waals surface area (Å²) >= 11 is 0. The van der Waals surface area contributed by atoms with E-state index in [-0.39, 0.29) is 11.4 Å².